The van der Waals surface area contributed by atoms with E-state index >= 15 is 0 Å². The molecule has 0 spiro atoms. The van der Waals surface area contributed by atoms with Gasteiger partial charge in [-0.3, -0.25) is 4.90 Å². The van der Waals surface area contributed by atoms with Gasteiger partial charge in [0.05, 0.1) is 5.71 Å². The molecule has 0 aromatic rings. The molecular weight excluding hydrogens is 164 g/mol. The van der Waals surface area contributed by atoms with Crippen LogP contribution < -0.4 is 0 Å². The maximum Gasteiger partial charge on any atom is 0.124 e. The Bertz CT molecular complexity index is 179. The molecule has 0 bridgehead atoms. The summed E-state index contributed by atoms with van der Waals surface area (Å²) in [5.74, 6) is 0. The van der Waals surface area contributed by atoms with Crippen LogP contribution in [-0.2, 0) is 4.84 Å². The van der Waals surface area contributed by atoms with Gasteiger partial charge in [-0.2, -0.15) is 0 Å². The van der Waals surface area contributed by atoms with E-state index in [2.05, 4.69) is 31.0 Å². The molecule has 0 aliphatic carbocycles. The van der Waals surface area contributed by atoms with E-state index in [0.717, 1.165) is 19.4 Å². The predicted molar refractivity (Wildman–Crippen MR) is 55.0 cm³/mol. The number of rotatable bonds is 3. The van der Waals surface area contributed by atoms with Gasteiger partial charge in [-0.1, -0.05) is 12.1 Å². The van der Waals surface area contributed by atoms with Crippen LogP contribution in [0, 0.1) is 0 Å². The molecule has 76 valence electrons. The highest BCUT2D eigenvalue weighted by Gasteiger charge is 2.22. The summed E-state index contributed by atoms with van der Waals surface area (Å²) >= 11 is 0. The first-order valence-electron chi connectivity index (χ1n) is 5.05. The Morgan fingerprint density at radius 3 is 2.85 bits per heavy atom. The molecule has 0 N–H and O–H groups in total. The first-order chi connectivity index (χ1) is 6.13. The van der Waals surface area contributed by atoms with Crippen LogP contribution in [0.5, 0.6) is 0 Å². The second-order valence-electron chi connectivity index (χ2n) is 3.95. The number of oxime groups is 1. The van der Waals surface area contributed by atoms with Crippen molar-refractivity contribution in [2.45, 2.75) is 45.8 Å². The first-order valence-corrected chi connectivity index (χ1v) is 5.05. The molecule has 3 nitrogen and oxygen atoms in total. The highest BCUT2D eigenvalue weighted by molar-refractivity contribution is 5.88. The summed E-state index contributed by atoms with van der Waals surface area (Å²) in [5.41, 5.74) is 1.18. The zero-order chi connectivity index (χ0) is 9.84. The number of hydrogen-bond donors (Lipinski definition) is 0. The van der Waals surface area contributed by atoms with Crippen molar-refractivity contribution in [1.29, 1.82) is 0 Å². The van der Waals surface area contributed by atoms with Crippen LogP contribution in [-0.4, -0.2) is 36.3 Å². The van der Waals surface area contributed by atoms with E-state index in [9.17, 15) is 0 Å². The molecule has 1 heterocycles. The summed E-state index contributed by atoms with van der Waals surface area (Å²) in [6.45, 7) is 7.32. The van der Waals surface area contributed by atoms with Crippen LogP contribution in [0.3, 0.4) is 0 Å². The smallest absolute Gasteiger partial charge is 0.124 e. The van der Waals surface area contributed by atoms with Crippen LogP contribution in [0.1, 0.15) is 33.6 Å². The summed E-state index contributed by atoms with van der Waals surface area (Å²) in [6.07, 6.45) is 2.31. The van der Waals surface area contributed by atoms with Crippen LogP contribution >= 0.6 is 0 Å². The first kappa shape index (κ1) is 10.5. The third-order valence-corrected chi connectivity index (χ3v) is 2.65. The zero-order valence-corrected chi connectivity index (χ0v) is 9.08. The van der Waals surface area contributed by atoms with Gasteiger partial charge in [0.25, 0.3) is 0 Å². The maximum atomic E-state index is 5.33. The van der Waals surface area contributed by atoms with E-state index < -0.39 is 0 Å². The third kappa shape index (κ3) is 2.99. The van der Waals surface area contributed by atoms with Crippen molar-refractivity contribution in [2.24, 2.45) is 5.16 Å². The summed E-state index contributed by atoms with van der Waals surface area (Å²) in [5, 5.41) is 4.17. The van der Waals surface area contributed by atoms with Crippen LogP contribution in [0.15, 0.2) is 5.16 Å². The van der Waals surface area contributed by atoms with E-state index in [4.69, 9.17) is 4.84 Å². The molecular formula is C10H20N2O. The van der Waals surface area contributed by atoms with Crippen LogP contribution in [0.25, 0.3) is 0 Å². The molecule has 13 heavy (non-hydrogen) atoms. The van der Waals surface area contributed by atoms with Gasteiger partial charge in [0.1, 0.15) is 6.10 Å². The molecule has 2 unspecified atom stereocenters. The van der Waals surface area contributed by atoms with Gasteiger partial charge < -0.3 is 4.84 Å². The lowest BCUT2D eigenvalue weighted by atomic mass is 10.2. The summed E-state index contributed by atoms with van der Waals surface area (Å²) in [7, 11) is 2.12. The molecule has 1 saturated heterocycles. The largest absolute Gasteiger partial charge is 0.393 e. The predicted octanol–water partition coefficient (Wildman–Crippen LogP) is 1.88. The molecule has 1 rings (SSSR count). The minimum atomic E-state index is 0.244. The maximum absolute atomic E-state index is 5.33. The van der Waals surface area contributed by atoms with Crippen molar-refractivity contribution in [2.75, 3.05) is 13.6 Å². The molecule has 3 heteroatoms. The van der Waals surface area contributed by atoms with Crippen molar-refractivity contribution in [3.05, 3.63) is 0 Å². The van der Waals surface area contributed by atoms with Crippen molar-refractivity contribution in [3.8, 4) is 0 Å². The summed E-state index contributed by atoms with van der Waals surface area (Å²) in [6, 6.07) is 0.610. The lowest BCUT2D eigenvalue weighted by Crippen LogP contribution is -2.21. The van der Waals surface area contributed by atoms with Gasteiger partial charge in [0, 0.05) is 19.0 Å². The van der Waals surface area contributed by atoms with E-state index in [1.807, 2.05) is 6.92 Å². The van der Waals surface area contributed by atoms with Gasteiger partial charge in [-0.05, 0) is 27.3 Å². The fourth-order valence-corrected chi connectivity index (χ4v) is 1.31. The minimum absolute atomic E-state index is 0.244. The highest BCUT2D eigenvalue weighted by atomic mass is 16.6. The average Bonchev–Trinajstić information content (AvgIpc) is 2.42. The standard InChI is InChI=1S/C10H20N2O/c1-5-9(3)13-11-10-6-8(2)12(4)7-10/h8-9H,5-7H2,1-4H3/b11-10-. The Morgan fingerprint density at radius 1 is 1.69 bits per heavy atom. The zero-order valence-electron chi connectivity index (χ0n) is 9.08. The molecule has 2 atom stereocenters. The number of nitrogens with zero attached hydrogens (tertiary/aromatic N) is 2. The number of likely N-dealkylation sites (tertiary alicyclic amines) is 1. The van der Waals surface area contributed by atoms with Crippen molar-refractivity contribution >= 4 is 5.71 Å². The Labute approximate surface area is 80.7 Å². The molecule has 1 fully saturated rings. The number of hydrogen-bond acceptors (Lipinski definition) is 3. The van der Waals surface area contributed by atoms with E-state index in [0.29, 0.717) is 6.04 Å². The molecule has 0 radical (unpaired) electrons. The van der Waals surface area contributed by atoms with Crippen LogP contribution in [0.4, 0.5) is 0 Å². The highest BCUT2D eigenvalue weighted by Crippen LogP contribution is 2.12. The molecule has 1 aliphatic heterocycles. The SMILES string of the molecule is CCC(C)O/N=C1/CC(C)N(C)C1. The van der Waals surface area contributed by atoms with Crippen molar-refractivity contribution in [1.82, 2.24) is 4.90 Å². The van der Waals surface area contributed by atoms with E-state index in [-0.39, 0.29) is 6.10 Å². The second kappa shape index (κ2) is 4.61. The lowest BCUT2D eigenvalue weighted by Gasteiger charge is -2.11. The molecule has 0 saturated carbocycles. The summed E-state index contributed by atoms with van der Waals surface area (Å²) in [4.78, 5) is 7.62. The minimum Gasteiger partial charge on any atom is -0.393 e. The Morgan fingerprint density at radius 2 is 2.38 bits per heavy atom. The second-order valence-corrected chi connectivity index (χ2v) is 3.95. The summed E-state index contributed by atoms with van der Waals surface area (Å²) < 4.78 is 0. The average molecular weight is 184 g/mol. The fraction of sp³-hybridized carbons (Fsp3) is 0.900. The quantitative estimate of drug-likeness (QED) is 0.626. The van der Waals surface area contributed by atoms with Gasteiger partial charge in [-0.15, -0.1) is 0 Å². The lowest BCUT2D eigenvalue weighted by molar-refractivity contribution is 0.0693. The Balaban J connectivity index is 2.37. The molecule has 0 amide bonds. The van der Waals surface area contributed by atoms with E-state index in [1.165, 1.54) is 5.71 Å². The molecule has 1 aliphatic rings. The molecule has 0 aromatic heterocycles. The normalized spacial score (nSPS) is 29.5. The molecule has 0 aromatic carbocycles. The van der Waals surface area contributed by atoms with Gasteiger partial charge in [0.15, 0.2) is 0 Å². The van der Waals surface area contributed by atoms with Crippen molar-refractivity contribution < 1.29 is 4.84 Å². The van der Waals surface area contributed by atoms with Gasteiger partial charge >= 0.3 is 0 Å². The Hall–Kier alpha value is -0.570. The van der Waals surface area contributed by atoms with Gasteiger partial charge in [0.2, 0.25) is 0 Å². The van der Waals surface area contributed by atoms with Crippen LogP contribution in [0.2, 0.25) is 0 Å². The third-order valence-electron chi connectivity index (χ3n) is 2.65. The fourth-order valence-electron chi connectivity index (χ4n) is 1.31. The van der Waals surface area contributed by atoms with Gasteiger partial charge in [-0.25, -0.2) is 0 Å². The van der Waals surface area contributed by atoms with E-state index in [1.54, 1.807) is 0 Å². The Kier molecular flexibility index (Phi) is 3.72. The van der Waals surface area contributed by atoms with Crippen molar-refractivity contribution in [3.63, 3.8) is 0 Å². The topological polar surface area (TPSA) is 24.8 Å². The monoisotopic (exact) mass is 184 g/mol.